The molecule has 1 fully saturated rings. The Morgan fingerprint density at radius 3 is 2.61 bits per heavy atom. The van der Waals surface area contributed by atoms with Gasteiger partial charge in [0.2, 0.25) is 10.0 Å². The first-order valence-electron chi connectivity index (χ1n) is 11.8. The van der Waals surface area contributed by atoms with Crippen molar-refractivity contribution in [1.82, 2.24) is 33.9 Å². The van der Waals surface area contributed by atoms with Crippen LogP contribution in [0.4, 0.5) is 13.2 Å². The van der Waals surface area contributed by atoms with Crippen molar-refractivity contribution >= 4 is 21.1 Å². The number of rotatable bonds is 7. The molecular formula is C24H23F3N8O2S. The van der Waals surface area contributed by atoms with E-state index in [1.807, 2.05) is 17.2 Å². The van der Waals surface area contributed by atoms with Crippen LogP contribution in [0.5, 0.6) is 0 Å². The minimum absolute atomic E-state index is 0.0323. The molecule has 5 rings (SSSR count). The summed E-state index contributed by atoms with van der Waals surface area (Å²) in [7, 11) is -4.33. The number of aromatic nitrogens is 5. The Kier molecular flexibility index (Phi) is 6.91. The number of nitrogens with zero attached hydrogens (tertiary/aromatic N) is 7. The van der Waals surface area contributed by atoms with Gasteiger partial charge in [-0.3, -0.25) is 9.58 Å². The number of nitrogens with one attached hydrogen (secondary N) is 1. The van der Waals surface area contributed by atoms with E-state index >= 15 is 0 Å². The lowest BCUT2D eigenvalue weighted by atomic mass is 10.1. The van der Waals surface area contributed by atoms with Gasteiger partial charge in [-0.15, -0.1) is 0 Å². The lowest BCUT2D eigenvalue weighted by Crippen LogP contribution is -2.50. The van der Waals surface area contributed by atoms with Crippen molar-refractivity contribution in [1.29, 1.82) is 5.26 Å². The van der Waals surface area contributed by atoms with Crippen LogP contribution in [0.15, 0.2) is 60.1 Å². The Hall–Kier alpha value is -3.80. The summed E-state index contributed by atoms with van der Waals surface area (Å²) in [5.74, 6) is 0. The zero-order valence-electron chi connectivity index (χ0n) is 20.0. The topological polar surface area (TPSA) is 124 Å². The molecule has 0 saturated carbocycles. The van der Waals surface area contributed by atoms with Gasteiger partial charge in [0.05, 0.1) is 40.9 Å². The molecule has 1 unspecified atom stereocenters. The molecule has 14 heteroatoms. The van der Waals surface area contributed by atoms with Gasteiger partial charge < -0.3 is 4.98 Å². The normalized spacial score (nSPS) is 16.5. The number of piperazine rings is 1. The van der Waals surface area contributed by atoms with Gasteiger partial charge in [0.15, 0.2) is 0 Å². The summed E-state index contributed by atoms with van der Waals surface area (Å²) in [6.07, 6.45) is 2.10. The van der Waals surface area contributed by atoms with Crippen LogP contribution in [0.3, 0.4) is 0 Å². The van der Waals surface area contributed by atoms with Crippen LogP contribution in [0.2, 0.25) is 0 Å². The Balaban J connectivity index is 1.29. The molecule has 0 amide bonds. The Bertz CT molecular complexity index is 1580. The molecule has 1 aliphatic heterocycles. The van der Waals surface area contributed by atoms with Gasteiger partial charge in [-0.1, -0.05) is 12.1 Å². The number of alkyl halides is 3. The van der Waals surface area contributed by atoms with Gasteiger partial charge in [0, 0.05) is 56.1 Å². The maximum absolute atomic E-state index is 13.4. The third kappa shape index (κ3) is 5.00. The molecule has 10 nitrogen and oxygen atoms in total. The highest BCUT2D eigenvalue weighted by Gasteiger charge is 2.39. The molecule has 0 aliphatic carbocycles. The van der Waals surface area contributed by atoms with Crippen molar-refractivity contribution in [3.63, 3.8) is 0 Å². The van der Waals surface area contributed by atoms with Crippen molar-refractivity contribution in [3.05, 3.63) is 60.8 Å². The van der Waals surface area contributed by atoms with Crippen LogP contribution in [-0.4, -0.2) is 75.1 Å². The fourth-order valence-electron chi connectivity index (χ4n) is 4.62. The molecule has 1 aromatic carbocycles. The number of nitriles is 1. The first kappa shape index (κ1) is 25.8. The molecule has 0 radical (unpaired) electrons. The second-order valence-electron chi connectivity index (χ2n) is 8.89. The van der Waals surface area contributed by atoms with Crippen molar-refractivity contribution in [2.45, 2.75) is 23.5 Å². The number of benzene rings is 1. The van der Waals surface area contributed by atoms with Crippen LogP contribution in [0.25, 0.3) is 22.3 Å². The molecule has 4 aromatic rings. The number of H-pyrrole nitrogens is 1. The first-order valence-corrected chi connectivity index (χ1v) is 13.2. The summed E-state index contributed by atoms with van der Waals surface area (Å²) >= 11 is 0. The molecule has 4 heterocycles. The van der Waals surface area contributed by atoms with Gasteiger partial charge in [0.1, 0.15) is 12.0 Å². The van der Waals surface area contributed by atoms with Crippen LogP contribution < -0.4 is 0 Å². The zero-order chi connectivity index (χ0) is 26.9. The molecule has 1 aliphatic rings. The van der Waals surface area contributed by atoms with Gasteiger partial charge in [-0.2, -0.15) is 27.8 Å². The van der Waals surface area contributed by atoms with E-state index in [9.17, 15) is 26.9 Å². The number of hydrogen-bond donors (Lipinski definition) is 1. The lowest BCUT2D eigenvalue weighted by molar-refractivity contribution is -0.139. The van der Waals surface area contributed by atoms with Gasteiger partial charge in [0.25, 0.3) is 0 Å². The van der Waals surface area contributed by atoms with E-state index in [0.29, 0.717) is 31.0 Å². The summed E-state index contributed by atoms with van der Waals surface area (Å²) < 4.78 is 69.2. The molecule has 0 bridgehead atoms. The number of halogens is 3. The summed E-state index contributed by atoms with van der Waals surface area (Å²) in [6, 6.07) is 7.94. The SMILES string of the molecule is N#CCC(CN1CCN(S(=O)(=O)c2ccccc2C(F)(F)F)CC1)n1cc(-c2ncnc3[nH]ccc23)cn1. The van der Waals surface area contributed by atoms with E-state index < -0.39 is 26.7 Å². The lowest BCUT2D eigenvalue weighted by Gasteiger charge is -2.35. The van der Waals surface area contributed by atoms with Crippen LogP contribution in [0, 0.1) is 11.3 Å². The third-order valence-corrected chi connectivity index (χ3v) is 8.50. The number of fused-ring (bicyclic) bond motifs is 1. The molecule has 38 heavy (non-hydrogen) atoms. The highest BCUT2D eigenvalue weighted by Crippen LogP contribution is 2.35. The Labute approximate surface area is 216 Å². The fraction of sp³-hybridized carbons (Fsp3) is 0.333. The molecular weight excluding hydrogens is 521 g/mol. The smallest absolute Gasteiger partial charge is 0.346 e. The van der Waals surface area contributed by atoms with Gasteiger partial charge >= 0.3 is 6.18 Å². The minimum atomic E-state index is -4.78. The molecule has 1 N–H and O–H groups in total. The summed E-state index contributed by atoms with van der Waals surface area (Å²) in [5, 5.41) is 14.7. The van der Waals surface area contributed by atoms with Crippen molar-refractivity contribution in [2.24, 2.45) is 0 Å². The van der Waals surface area contributed by atoms with Crippen LogP contribution >= 0.6 is 0 Å². The molecule has 0 spiro atoms. The van der Waals surface area contributed by atoms with E-state index in [2.05, 4.69) is 26.1 Å². The van der Waals surface area contributed by atoms with E-state index in [1.54, 1.807) is 17.1 Å². The summed E-state index contributed by atoms with van der Waals surface area (Å²) in [6.45, 7) is 1.10. The second-order valence-corrected chi connectivity index (χ2v) is 10.8. The maximum Gasteiger partial charge on any atom is 0.417 e. The average molecular weight is 545 g/mol. The maximum atomic E-state index is 13.4. The average Bonchev–Trinajstić information content (AvgIpc) is 3.58. The second kappa shape index (κ2) is 10.2. The molecule has 1 saturated heterocycles. The van der Waals surface area contributed by atoms with Gasteiger partial charge in [-0.25, -0.2) is 18.4 Å². The quantitative estimate of drug-likeness (QED) is 0.379. The molecule has 198 valence electrons. The van der Waals surface area contributed by atoms with E-state index in [0.717, 1.165) is 27.4 Å². The van der Waals surface area contributed by atoms with Crippen molar-refractivity contribution < 1.29 is 21.6 Å². The highest BCUT2D eigenvalue weighted by molar-refractivity contribution is 7.89. The predicted octanol–water partition coefficient (Wildman–Crippen LogP) is 3.30. The third-order valence-electron chi connectivity index (χ3n) is 6.54. The van der Waals surface area contributed by atoms with Gasteiger partial charge in [-0.05, 0) is 18.2 Å². The number of hydrogen-bond acceptors (Lipinski definition) is 7. The molecule has 1 atom stereocenters. The largest absolute Gasteiger partial charge is 0.417 e. The highest BCUT2D eigenvalue weighted by atomic mass is 32.2. The minimum Gasteiger partial charge on any atom is -0.346 e. The predicted molar refractivity (Wildman–Crippen MR) is 131 cm³/mol. The van der Waals surface area contributed by atoms with Crippen LogP contribution in [-0.2, 0) is 16.2 Å². The van der Waals surface area contributed by atoms with E-state index in [-0.39, 0.29) is 25.6 Å². The van der Waals surface area contributed by atoms with E-state index in [4.69, 9.17) is 0 Å². The monoisotopic (exact) mass is 544 g/mol. The number of aromatic amines is 1. The van der Waals surface area contributed by atoms with Crippen molar-refractivity contribution in [3.8, 4) is 17.3 Å². The summed E-state index contributed by atoms with van der Waals surface area (Å²) in [5.41, 5.74) is 0.990. The van der Waals surface area contributed by atoms with Crippen molar-refractivity contribution in [2.75, 3.05) is 32.7 Å². The zero-order valence-corrected chi connectivity index (χ0v) is 20.8. The fourth-order valence-corrected chi connectivity index (χ4v) is 6.26. The van der Waals surface area contributed by atoms with E-state index in [1.165, 1.54) is 18.5 Å². The number of sulfonamides is 1. The van der Waals surface area contributed by atoms with Crippen LogP contribution in [0.1, 0.15) is 18.0 Å². The molecule has 3 aromatic heterocycles. The Morgan fingerprint density at radius 1 is 1.11 bits per heavy atom. The Morgan fingerprint density at radius 2 is 1.87 bits per heavy atom. The first-order chi connectivity index (χ1) is 18.2. The standard InChI is InChI=1S/C24H23F3N8O2S/c25-24(26,27)20-3-1-2-4-21(20)38(36,37)34-11-9-33(10-12-34)15-18(5-7-28)35-14-17(13-32-35)22-19-6-8-29-23(19)31-16-30-22/h1-4,6,8,13-14,16,18H,5,9-12,15H2,(H,29,30,31). The summed E-state index contributed by atoms with van der Waals surface area (Å²) in [4.78, 5) is 12.8.